The van der Waals surface area contributed by atoms with Crippen LogP contribution >= 0.6 is 11.8 Å². The first-order valence-corrected chi connectivity index (χ1v) is 13.0. The van der Waals surface area contributed by atoms with E-state index < -0.39 is 39.6 Å². The second-order valence-electron chi connectivity index (χ2n) is 8.33. The van der Waals surface area contributed by atoms with Crippen LogP contribution in [0.15, 0.2) is 23.1 Å². The summed E-state index contributed by atoms with van der Waals surface area (Å²) in [6.07, 6.45) is -3.74. The van der Waals surface area contributed by atoms with Crippen LogP contribution in [0.4, 0.5) is 18.9 Å². The number of rotatable bonds is 6. The summed E-state index contributed by atoms with van der Waals surface area (Å²) >= 11 is 1.46. The summed E-state index contributed by atoms with van der Waals surface area (Å²) in [5, 5.41) is 2.51. The zero-order valence-corrected chi connectivity index (χ0v) is 19.9. The Labute approximate surface area is 199 Å². The molecule has 188 valence electrons. The van der Waals surface area contributed by atoms with Gasteiger partial charge in [0.2, 0.25) is 21.8 Å². The van der Waals surface area contributed by atoms with Crippen molar-refractivity contribution in [1.29, 1.82) is 0 Å². The van der Waals surface area contributed by atoms with E-state index in [0.717, 1.165) is 18.2 Å². The number of halogens is 3. The van der Waals surface area contributed by atoms with Crippen LogP contribution in [0, 0.1) is 0 Å². The molecule has 0 spiro atoms. The van der Waals surface area contributed by atoms with Crippen LogP contribution in [0.25, 0.3) is 0 Å². The second kappa shape index (κ2) is 9.21. The molecule has 0 bridgehead atoms. The Kier molecular flexibility index (Phi) is 6.79. The molecule has 9 nitrogen and oxygen atoms in total. The molecule has 34 heavy (non-hydrogen) atoms. The molecule has 0 unspecified atom stereocenters. The lowest BCUT2D eigenvalue weighted by Crippen LogP contribution is -2.48. The first-order valence-electron chi connectivity index (χ1n) is 10.6. The molecule has 3 heterocycles. The molecule has 0 aliphatic carbocycles. The number of alkyl halides is 3. The molecular formula is C20H24F3N3O6S2. The number of nitrogens with one attached hydrogen (secondary N) is 1. The van der Waals surface area contributed by atoms with Gasteiger partial charge in [-0.1, -0.05) is 0 Å². The Morgan fingerprint density at radius 3 is 2.71 bits per heavy atom. The van der Waals surface area contributed by atoms with Crippen molar-refractivity contribution in [2.45, 2.75) is 41.7 Å². The van der Waals surface area contributed by atoms with E-state index in [0.29, 0.717) is 18.6 Å². The standard InChI is InChI=1S/C20H24F3N3O6S2/c1-19-5-4-17(27)26(19)15(11-33-19)18(28)24-14-10-13(2-3-16(14)32-12-20(21,22)23)34(29,30)25-6-8-31-9-7-25/h2-3,10,15H,4-9,11-12H2,1H3,(H,24,28)/t15-,19-/m0/s1. The van der Waals surface area contributed by atoms with Gasteiger partial charge in [-0.3, -0.25) is 9.59 Å². The van der Waals surface area contributed by atoms with E-state index in [4.69, 9.17) is 9.47 Å². The number of carbonyl (C=O) groups is 2. The summed E-state index contributed by atoms with van der Waals surface area (Å²) < 4.78 is 75.5. The molecule has 3 aliphatic heterocycles. The lowest BCUT2D eigenvalue weighted by molar-refractivity contribution is -0.153. The molecule has 0 radical (unpaired) electrons. The molecule has 3 fully saturated rings. The van der Waals surface area contributed by atoms with Gasteiger partial charge in [-0.15, -0.1) is 11.8 Å². The number of amides is 2. The molecule has 14 heteroatoms. The normalized spacial score (nSPS) is 25.9. The van der Waals surface area contributed by atoms with Crippen molar-refractivity contribution in [3.63, 3.8) is 0 Å². The number of hydrogen-bond acceptors (Lipinski definition) is 7. The third-order valence-corrected chi connectivity index (χ3v) is 9.36. The number of ether oxygens (including phenoxy) is 2. The van der Waals surface area contributed by atoms with Crippen LogP contribution < -0.4 is 10.1 Å². The minimum absolute atomic E-state index is 0.130. The Morgan fingerprint density at radius 2 is 2.03 bits per heavy atom. The highest BCUT2D eigenvalue weighted by Gasteiger charge is 2.53. The summed E-state index contributed by atoms with van der Waals surface area (Å²) in [4.78, 5) is 26.2. The van der Waals surface area contributed by atoms with Gasteiger partial charge in [-0.2, -0.15) is 17.5 Å². The van der Waals surface area contributed by atoms with Crippen LogP contribution in [0.2, 0.25) is 0 Å². The van der Waals surface area contributed by atoms with Crippen molar-refractivity contribution in [3.8, 4) is 5.75 Å². The fourth-order valence-corrected chi connectivity index (χ4v) is 7.09. The Morgan fingerprint density at radius 1 is 1.32 bits per heavy atom. The average molecular weight is 524 g/mol. The molecule has 2 amide bonds. The average Bonchev–Trinajstić information content (AvgIpc) is 3.28. The molecule has 0 saturated carbocycles. The summed E-state index contributed by atoms with van der Waals surface area (Å²) in [6.45, 7) is 0.947. The number of thioether (sulfide) groups is 1. The maximum absolute atomic E-state index is 13.1. The van der Waals surface area contributed by atoms with Crippen molar-refractivity contribution in [2.24, 2.45) is 0 Å². The third kappa shape index (κ3) is 4.99. The van der Waals surface area contributed by atoms with Gasteiger partial charge < -0.3 is 19.7 Å². The third-order valence-electron chi connectivity index (χ3n) is 5.96. The molecule has 2 atom stereocenters. The van der Waals surface area contributed by atoms with E-state index in [1.807, 2.05) is 6.92 Å². The van der Waals surface area contributed by atoms with E-state index in [-0.39, 0.29) is 48.5 Å². The highest BCUT2D eigenvalue weighted by Crippen LogP contribution is 2.47. The summed E-state index contributed by atoms with van der Waals surface area (Å²) in [7, 11) is -3.98. The molecule has 1 aromatic rings. The summed E-state index contributed by atoms with van der Waals surface area (Å²) in [6, 6.07) is 2.48. The van der Waals surface area contributed by atoms with Crippen molar-refractivity contribution in [1.82, 2.24) is 9.21 Å². The highest BCUT2D eigenvalue weighted by molar-refractivity contribution is 8.01. The first-order chi connectivity index (χ1) is 15.9. The summed E-state index contributed by atoms with van der Waals surface area (Å²) in [5.41, 5.74) is -0.214. The quantitative estimate of drug-likeness (QED) is 0.609. The SMILES string of the molecule is C[C@]12CCC(=O)N1[C@H](C(=O)Nc1cc(S(=O)(=O)N3CCOCC3)ccc1OCC(F)(F)F)CS2. The number of morpholine rings is 1. The van der Waals surface area contributed by atoms with Crippen LogP contribution in [0.5, 0.6) is 5.75 Å². The number of hydrogen-bond donors (Lipinski definition) is 1. The predicted molar refractivity (Wildman–Crippen MR) is 117 cm³/mol. The van der Waals surface area contributed by atoms with Gasteiger partial charge in [0.1, 0.15) is 11.8 Å². The minimum Gasteiger partial charge on any atom is -0.482 e. The number of nitrogens with zero attached hydrogens (tertiary/aromatic N) is 2. The first kappa shape index (κ1) is 25.1. The fourth-order valence-electron chi connectivity index (χ4n) is 4.22. The van der Waals surface area contributed by atoms with Gasteiger partial charge in [0.15, 0.2) is 6.61 Å². The maximum Gasteiger partial charge on any atom is 0.422 e. The second-order valence-corrected chi connectivity index (χ2v) is 11.8. The van der Waals surface area contributed by atoms with Gasteiger partial charge in [-0.25, -0.2) is 8.42 Å². The topological polar surface area (TPSA) is 105 Å². The largest absolute Gasteiger partial charge is 0.482 e. The zero-order chi connectivity index (χ0) is 24.7. The number of anilines is 1. The van der Waals surface area contributed by atoms with E-state index in [9.17, 15) is 31.2 Å². The number of carbonyl (C=O) groups excluding carboxylic acids is 2. The fraction of sp³-hybridized carbons (Fsp3) is 0.600. The van der Waals surface area contributed by atoms with Crippen LogP contribution in [0.1, 0.15) is 19.8 Å². The number of sulfonamides is 1. The van der Waals surface area contributed by atoms with Crippen molar-refractivity contribution < 1.29 is 40.7 Å². The van der Waals surface area contributed by atoms with Crippen molar-refractivity contribution in [2.75, 3.05) is 44.0 Å². The van der Waals surface area contributed by atoms with E-state index in [1.54, 1.807) is 0 Å². The van der Waals surface area contributed by atoms with E-state index >= 15 is 0 Å². The zero-order valence-electron chi connectivity index (χ0n) is 18.3. The molecule has 3 saturated heterocycles. The lowest BCUT2D eigenvalue weighted by atomic mass is 10.2. The van der Waals surface area contributed by atoms with Gasteiger partial charge in [0.25, 0.3) is 0 Å². The predicted octanol–water partition coefficient (Wildman–Crippen LogP) is 2.04. The van der Waals surface area contributed by atoms with E-state index in [2.05, 4.69) is 5.32 Å². The molecule has 0 aromatic heterocycles. The van der Waals surface area contributed by atoms with Gasteiger partial charge in [-0.05, 0) is 31.5 Å². The molecule has 3 aliphatic rings. The molecular weight excluding hydrogens is 499 g/mol. The van der Waals surface area contributed by atoms with Crippen molar-refractivity contribution in [3.05, 3.63) is 18.2 Å². The van der Waals surface area contributed by atoms with Gasteiger partial charge in [0, 0.05) is 25.3 Å². The van der Waals surface area contributed by atoms with E-state index in [1.165, 1.54) is 21.0 Å². The van der Waals surface area contributed by atoms with Crippen molar-refractivity contribution >= 4 is 39.3 Å². The Hall–Kier alpha value is -2.03. The number of benzene rings is 1. The van der Waals surface area contributed by atoms with Crippen LogP contribution in [-0.4, -0.2) is 85.2 Å². The molecule has 1 aromatic carbocycles. The maximum atomic E-state index is 13.1. The smallest absolute Gasteiger partial charge is 0.422 e. The van der Waals surface area contributed by atoms with Gasteiger partial charge >= 0.3 is 6.18 Å². The number of fused-ring (bicyclic) bond motifs is 1. The highest BCUT2D eigenvalue weighted by atomic mass is 32.2. The van der Waals surface area contributed by atoms with Gasteiger partial charge in [0.05, 0.1) is 28.7 Å². The molecule has 4 rings (SSSR count). The van der Waals surface area contributed by atoms with Crippen LogP contribution in [0.3, 0.4) is 0 Å². The molecule has 1 N–H and O–H groups in total. The monoisotopic (exact) mass is 523 g/mol. The Bertz CT molecular complexity index is 1080. The summed E-state index contributed by atoms with van der Waals surface area (Å²) in [5.74, 6) is -0.805. The minimum atomic E-state index is -4.63. The lowest BCUT2D eigenvalue weighted by Gasteiger charge is -2.30. The Balaban J connectivity index is 1.62. The van der Waals surface area contributed by atoms with Crippen LogP contribution in [-0.2, 0) is 24.3 Å².